The van der Waals surface area contributed by atoms with E-state index in [-0.39, 0.29) is 0 Å². The van der Waals surface area contributed by atoms with Crippen molar-refractivity contribution < 1.29 is 23.7 Å². The Hall–Kier alpha value is -3.40. The summed E-state index contributed by atoms with van der Waals surface area (Å²) < 4.78 is 32.7. The molecule has 2 aliphatic heterocycles. The molecule has 41 heavy (non-hydrogen) atoms. The SMILES string of the molecule is c1ccc(COC[C@H]2OC3(NN3)[C@H](OCc3ccccc3)[C@@H](OCc3ccccc3)[C@H]2OCc2ccccc2)cc1. The van der Waals surface area contributed by atoms with Crippen LogP contribution >= 0.6 is 0 Å². The van der Waals surface area contributed by atoms with Gasteiger partial charge in [0.15, 0.2) is 0 Å². The predicted octanol–water partition coefficient (Wildman–Crippen LogP) is 5.12. The van der Waals surface area contributed by atoms with Gasteiger partial charge in [0.25, 0.3) is 0 Å². The summed E-state index contributed by atoms with van der Waals surface area (Å²) in [7, 11) is 0. The molecule has 7 heteroatoms. The van der Waals surface area contributed by atoms with Gasteiger partial charge in [-0.25, -0.2) is 10.9 Å². The van der Waals surface area contributed by atoms with Gasteiger partial charge in [-0.2, -0.15) is 0 Å². The van der Waals surface area contributed by atoms with Crippen LogP contribution in [0, 0.1) is 0 Å². The molecule has 0 amide bonds. The zero-order valence-corrected chi connectivity index (χ0v) is 22.9. The van der Waals surface area contributed by atoms with Crippen LogP contribution in [0.2, 0.25) is 0 Å². The van der Waals surface area contributed by atoms with Gasteiger partial charge in [-0.05, 0) is 22.3 Å². The van der Waals surface area contributed by atoms with Crippen LogP contribution < -0.4 is 10.9 Å². The first-order valence-electron chi connectivity index (χ1n) is 14.1. The third-order valence-corrected chi connectivity index (χ3v) is 7.33. The fourth-order valence-corrected chi connectivity index (χ4v) is 5.14. The molecule has 0 saturated carbocycles. The Morgan fingerprint density at radius 2 is 0.927 bits per heavy atom. The first-order chi connectivity index (χ1) is 20.3. The third kappa shape index (κ3) is 7.28. The van der Waals surface area contributed by atoms with E-state index < -0.39 is 30.3 Å². The van der Waals surface area contributed by atoms with Crippen molar-refractivity contribution in [1.82, 2.24) is 10.9 Å². The number of benzene rings is 4. The average Bonchev–Trinajstić information content (AvgIpc) is 3.80. The minimum absolute atomic E-state index is 0.329. The van der Waals surface area contributed by atoms with E-state index in [1.54, 1.807) is 0 Å². The van der Waals surface area contributed by atoms with Crippen LogP contribution in [-0.4, -0.2) is 36.9 Å². The molecule has 7 nitrogen and oxygen atoms in total. The van der Waals surface area contributed by atoms with Gasteiger partial charge in [0, 0.05) is 0 Å². The molecule has 0 bridgehead atoms. The highest BCUT2D eigenvalue weighted by Crippen LogP contribution is 2.37. The lowest BCUT2D eigenvalue weighted by Gasteiger charge is -2.45. The second-order valence-electron chi connectivity index (χ2n) is 10.4. The van der Waals surface area contributed by atoms with Crippen molar-refractivity contribution in [1.29, 1.82) is 0 Å². The van der Waals surface area contributed by atoms with E-state index in [2.05, 4.69) is 47.2 Å². The molecule has 212 valence electrons. The van der Waals surface area contributed by atoms with E-state index in [9.17, 15) is 0 Å². The Morgan fingerprint density at radius 3 is 1.39 bits per heavy atom. The lowest BCUT2D eigenvalue weighted by atomic mass is 9.95. The van der Waals surface area contributed by atoms with Crippen LogP contribution in [0.15, 0.2) is 121 Å². The lowest BCUT2D eigenvalue weighted by Crippen LogP contribution is -2.64. The Labute approximate surface area is 241 Å². The molecular weight excluding hydrogens is 516 g/mol. The molecule has 4 atom stereocenters. The molecule has 0 aliphatic carbocycles. The summed E-state index contributed by atoms with van der Waals surface area (Å²) in [6.45, 7) is 2.04. The quantitative estimate of drug-likeness (QED) is 0.223. The molecule has 1 spiro atoms. The molecule has 0 aromatic heterocycles. The Balaban J connectivity index is 1.25. The van der Waals surface area contributed by atoms with Crippen molar-refractivity contribution in [2.75, 3.05) is 6.61 Å². The van der Waals surface area contributed by atoms with E-state index in [0.717, 1.165) is 22.3 Å². The number of hydrazine groups is 1. The molecule has 4 aromatic carbocycles. The van der Waals surface area contributed by atoms with Gasteiger partial charge in [0.1, 0.15) is 24.4 Å². The molecule has 2 N–H and O–H groups in total. The molecule has 0 unspecified atom stereocenters. The molecular formula is C34H36N2O5. The molecule has 2 heterocycles. The maximum Gasteiger partial charge on any atom is 0.230 e. The molecule has 2 aliphatic rings. The zero-order valence-electron chi connectivity index (χ0n) is 22.9. The minimum atomic E-state index is -0.899. The van der Waals surface area contributed by atoms with Crippen LogP contribution in [0.5, 0.6) is 0 Å². The molecule has 0 radical (unpaired) electrons. The summed E-state index contributed by atoms with van der Waals surface area (Å²) in [4.78, 5) is 0. The third-order valence-electron chi connectivity index (χ3n) is 7.33. The Morgan fingerprint density at radius 1 is 0.512 bits per heavy atom. The smallest absolute Gasteiger partial charge is 0.230 e. The van der Waals surface area contributed by atoms with E-state index in [0.29, 0.717) is 33.0 Å². The van der Waals surface area contributed by atoms with Crippen molar-refractivity contribution in [3.05, 3.63) is 144 Å². The van der Waals surface area contributed by atoms with E-state index >= 15 is 0 Å². The van der Waals surface area contributed by atoms with E-state index in [1.807, 2.05) is 84.9 Å². The van der Waals surface area contributed by atoms with Crippen molar-refractivity contribution in [2.24, 2.45) is 0 Å². The second-order valence-corrected chi connectivity index (χ2v) is 10.4. The molecule has 2 saturated heterocycles. The number of nitrogens with one attached hydrogen (secondary N) is 2. The number of ether oxygens (including phenoxy) is 5. The fourth-order valence-electron chi connectivity index (χ4n) is 5.14. The summed E-state index contributed by atoms with van der Waals surface area (Å²) in [5.74, 6) is -0.899. The highest BCUT2D eigenvalue weighted by Gasteiger charge is 2.63. The van der Waals surface area contributed by atoms with Crippen LogP contribution in [-0.2, 0) is 50.1 Å². The molecule has 2 fully saturated rings. The van der Waals surface area contributed by atoms with Crippen LogP contribution in [0.4, 0.5) is 0 Å². The predicted molar refractivity (Wildman–Crippen MR) is 155 cm³/mol. The fraction of sp³-hybridized carbons (Fsp3) is 0.294. The summed E-state index contributed by atoms with van der Waals surface area (Å²) in [5, 5.41) is 0. The second kappa shape index (κ2) is 13.5. The van der Waals surface area contributed by atoms with Crippen molar-refractivity contribution in [3.8, 4) is 0 Å². The monoisotopic (exact) mass is 552 g/mol. The Bertz CT molecular complexity index is 1320. The van der Waals surface area contributed by atoms with Gasteiger partial charge < -0.3 is 23.7 Å². The minimum Gasteiger partial charge on any atom is -0.374 e. The zero-order chi connectivity index (χ0) is 27.7. The molecule has 4 aromatic rings. The van der Waals surface area contributed by atoms with E-state index in [1.165, 1.54) is 0 Å². The highest BCUT2D eigenvalue weighted by molar-refractivity contribution is 5.17. The summed E-state index contributed by atoms with van der Waals surface area (Å²) >= 11 is 0. The number of rotatable bonds is 13. The number of hydrogen-bond acceptors (Lipinski definition) is 7. The van der Waals surface area contributed by atoms with Crippen LogP contribution in [0.1, 0.15) is 22.3 Å². The normalized spacial score (nSPS) is 22.9. The van der Waals surface area contributed by atoms with Crippen molar-refractivity contribution >= 4 is 0 Å². The van der Waals surface area contributed by atoms with Gasteiger partial charge in [-0.15, -0.1) is 0 Å². The van der Waals surface area contributed by atoms with Crippen LogP contribution in [0.25, 0.3) is 0 Å². The summed E-state index contributed by atoms with van der Waals surface area (Å²) in [5.41, 5.74) is 10.7. The Kier molecular flexibility index (Phi) is 9.14. The van der Waals surface area contributed by atoms with Gasteiger partial charge in [-0.3, -0.25) is 0 Å². The van der Waals surface area contributed by atoms with E-state index in [4.69, 9.17) is 23.7 Å². The lowest BCUT2D eigenvalue weighted by molar-refractivity contribution is -0.286. The summed E-state index contributed by atoms with van der Waals surface area (Å²) in [6, 6.07) is 40.5. The largest absolute Gasteiger partial charge is 0.374 e. The number of hydrogen-bond donors (Lipinski definition) is 2. The van der Waals surface area contributed by atoms with Gasteiger partial charge in [-0.1, -0.05) is 121 Å². The first kappa shape index (κ1) is 27.8. The maximum absolute atomic E-state index is 6.68. The molecule has 6 rings (SSSR count). The topological polar surface area (TPSA) is 90.0 Å². The van der Waals surface area contributed by atoms with Crippen molar-refractivity contribution in [3.63, 3.8) is 0 Å². The highest BCUT2D eigenvalue weighted by atomic mass is 16.7. The van der Waals surface area contributed by atoms with Gasteiger partial charge >= 0.3 is 0 Å². The summed E-state index contributed by atoms with van der Waals surface area (Å²) in [6.07, 6.45) is -1.81. The first-order valence-corrected chi connectivity index (χ1v) is 14.1. The van der Waals surface area contributed by atoms with Crippen molar-refractivity contribution in [2.45, 2.75) is 56.7 Å². The maximum atomic E-state index is 6.68. The standard InChI is InChI=1S/C34H36N2O5/c1-5-13-26(14-6-1)21-37-25-30-31(38-22-27-15-7-2-8-16-27)32(39-23-28-17-9-3-10-18-28)33(34(41-30)35-36-34)40-24-29-19-11-4-12-20-29/h1-20,30-33,35-36H,21-25H2/t30-,31+,32+,33-/m1/s1. The van der Waals surface area contributed by atoms with Gasteiger partial charge in [0.05, 0.1) is 33.0 Å². The van der Waals surface area contributed by atoms with Crippen LogP contribution in [0.3, 0.4) is 0 Å². The average molecular weight is 553 g/mol. The van der Waals surface area contributed by atoms with Gasteiger partial charge in [0.2, 0.25) is 5.85 Å².